The Morgan fingerprint density at radius 3 is 2.74 bits per heavy atom. The maximum Gasteiger partial charge on any atom is 0.355 e. The van der Waals surface area contributed by atoms with E-state index in [1.807, 2.05) is 42.5 Å². The third-order valence-corrected chi connectivity index (χ3v) is 6.94. The largest absolute Gasteiger partial charge is 0.476 e. The highest BCUT2D eigenvalue weighted by molar-refractivity contribution is 9.10. The highest BCUT2D eigenvalue weighted by atomic mass is 79.9. The van der Waals surface area contributed by atoms with Crippen LogP contribution in [0.2, 0.25) is 5.15 Å². The average molecular weight is 540 g/mol. The second kappa shape index (κ2) is 8.07. The number of carboxylic acids is 1. The summed E-state index contributed by atoms with van der Waals surface area (Å²) in [5, 5.41) is 24.9. The summed E-state index contributed by atoms with van der Waals surface area (Å²) >= 11 is 9.88. The van der Waals surface area contributed by atoms with Crippen LogP contribution in [0.1, 0.15) is 40.6 Å². The number of hydrogen-bond donors (Lipinski definition) is 2. The number of imidazole rings is 1. The summed E-state index contributed by atoms with van der Waals surface area (Å²) in [6.07, 6.45) is 1.98. The topological polar surface area (TPSA) is 123 Å². The van der Waals surface area contributed by atoms with Crippen molar-refractivity contribution in [1.82, 2.24) is 30.2 Å². The number of furan rings is 1. The van der Waals surface area contributed by atoms with Gasteiger partial charge in [0.15, 0.2) is 10.8 Å². The summed E-state index contributed by atoms with van der Waals surface area (Å²) in [4.78, 5) is 16.2. The molecular formula is C23H16BrClN6O3. The second-order valence-corrected chi connectivity index (χ2v) is 9.28. The van der Waals surface area contributed by atoms with E-state index >= 15 is 0 Å². The molecule has 0 aliphatic heterocycles. The number of aromatic carboxylic acids is 1. The van der Waals surface area contributed by atoms with Crippen molar-refractivity contribution in [2.24, 2.45) is 0 Å². The van der Waals surface area contributed by atoms with E-state index in [-0.39, 0.29) is 16.8 Å². The molecule has 0 radical (unpaired) electrons. The van der Waals surface area contributed by atoms with Crippen LogP contribution >= 0.6 is 27.5 Å². The minimum Gasteiger partial charge on any atom is -0.476 e. The van der Waals surface area contributed by atoms with E-state index < -0.39 is 5.97 Å². The molecule has 2 N–H and O–H groups in total. The van der Waals surface area contributed by atoms with Crippen LogP contribution in [0.15, 0.2) is 51.4 Å². The number of rotatable bonds is 6. The van der Waals surface area contributed by atoms with Gasteiger partial charge < -0.3 is 14.1 Å². The molecule has 11 heteroatoms. The van der Waals surface area contributed by atoms with Gasteiger partial charge in [-0.25, -0.2) is 9.78 Å². The molecule has 1 fully saturated rings. The Morgan fingerprint density at radius 2 is 2.03 bits per heavy atom. The zero-order chi connectivity index (χ0) is 23.4. The Balaban J connectivity index is 1.43. The van der Waals surface area contributed by atoms with Crippen molar-refractivity contribution >= 4 is 44.5 Å². The summed E-state index contributed by atoms with van der Waals surface area (Å²) in [6, 6.07) is 13.4. The minimum atomic E-state index is -1.09. The molecule has 1 aliphatic rings. The predicted octanol–water partition coefficient (Wildman–Crippen LogP) is 5.52. The Kier molecular flexibility index (Phi) is 5.00. The summed E-state index contributed by atoms with van der Waals surface area (Å²) < 4.78 is 8.69. The lowest BCUT2D eigenvalue weighted by molar-refractivity contribution is 0.0685. The van der Waals surface area contributed by atoms with E-state index in [0.717, 1.165) is 45.2 Å². The fraction of sp³-hybridized carbons (Fsp3) is 0.174. The van der Waals surface area contributed by atoms with Crippen LogP contribution in [0.4, 0.5) is 0 Å². The average Bonchev–Trinajstić information content (AvgIpc) is 3.27. The van der Waals surface area contributed by atoms with Gasteiger partial charge in [0, 0.05) is 29.0 Å². The number of fused-ring (bicyclic) bond motifs is 1. The minimum absolute atomic E-state index is 0.0182. The number of nitrogens with one attached hydrogen (secondary N) is 1. The van der Waals surface area contributed by atoms with Crippen molar-refractivity contribution in [2.45, 2.75) is 25.3 Å². The van der Waals surface area contributed by atoms with Crippen LogP contribution in [0.25, 0.3) is 33.7 Å². The fourth-order valence-electron chi connectivity index (χ4n) is 4.18. The van der Waals surface area contributed by atoms with E-state index in [2.05, 4.69) is 41.5 Å². The summed E-state index contributed by atoms with van der Waals surface area (Å²) in [5.41, 5.74) is 3.22. The molecule has 170 valence electrons. The molecule has 0 unspecified atom stereocenters. The van der Waals surface area contributed by atoms with E-state index in [4.69, 9.17) is 16.0 Å². The third-order valence-electron chi connectivity index (χ3n) is 5.89. The van der Waals surface area contributed by atoms with E-state index in [1.54, 1.807) is 4.57 Å². The van der Waals surface area contributed by atoms with Crippen molar-refractivity contribution in [3.63, 3.8) is 0 Å². The number of tetrazole rings is 1. The van der Waals surface area contributed by atoms with E-state index in [0.29, 0.717) is 23.7 Å². The molecule has 0 saturated heterocycles. The number of H-pyrrole nitrogens is 1. The number of nitrogens with zero attached hydrogens (tertiary/aromatic N) is 5. The maximum atomic E-state index is 11.9. The molecule has 2 aromatic carbocycles. The van der Waals surface area contributed by atoms with Gasteiger partial charge in [-0.15, -0.1) is 10.2 Å². The number of aromatic nitrogens is 6. The van der Waals surface area contributed by atoms with Gasteiger partial charge >= 0.3 is 5.97 Å². The van der Waals surface area contributed by atoms with Gasteiger partial charge in [-0.05, 0) is 51.7 Å². The van der Waals surface area contributed by atoms with Gasteiger partial charge in [0.2, 0.25) is 5.82 Å². The zero-order valence-electron chi connectivity index (χ0n) is 17.5. The van der Waals surface area contributed by atoms with Crippen LogP contribution in [0, 0.1) is 0 Å². The summed E-state index contributed by atoms with van der Waals surface area (Å²) in [5.74, 6) is 1.000. The standard InChI is InChI=1S/C23H16BrClN6O3/c24-17-15-9-11(10-31-18(23(32)33)20(25)26-22(31)12-6-7-12)5-8-16(15)34-19(17)13-3-1-2-4-14(13)21-27-29-30-28-21/h1-5,8-9,12H,6-7,10H2,(H,32,33)(H,27,28,29,30). The van der Waals surface area contributed by atoms with Gasteiger partial charge in [-0.2, -0.15) is 5.21 Å². The lowest BCUT2D eigenvalue weighted by Gasteiger charge is -2.10. The molecule has 9 nitrogen and oxygen atoms in total. The van der Waals surface area contributed by atoms with Gasteiger partial charge in [0.25, 0.3) is 0 Å². The SMILES string of the molecule is O=C(O)c1c(Cl)nc(C2CC2)n1Cc1ccc2oc(-c3ccccc3-c3nn[nH]n3)c(Br)c2c1. The third kappa shape index (κ3) is 3.50. The molecule has 3 heterocycles. The van der Waals surface area contributed by atoms with Crippen LogP contribution < -0.4 is 0 Å². The molecule has 0 amide bonds. The quantitative estimate of drug-likeness (QED) is 0.291. The lowest BCUT2D eigenvalue weighted by atomic mass is 10.0. The summed E-state index contributed by atoms with van der Waals surface area (Å²) in [6.45, 7) is 0.343. The Morgan fingerprint density at radius 1 is 1.24 bits per heavy atom. The molecule has 0 bridgehead atoms. The number of carbonyl (C=O) groups is 1. The van der Waals surface area contributed by atoms with Crippen LogP contribution in [-0.4, -0.2) is 41.3 Å². The van der Waals surface area contributed by atoms with Gasteiger partial charge in [-0.1, -0.05) is 41.9 Å². The molecule has 34 heavy (non-hydrogen) atoms. The highest BCUT2D eigenvalue weighted by Crippen LogP contribution is 2.43. The molecule has 0 atom stereocenters. The predicted molar refractivity (Wildman–Crippen MR) is 128 cm³/mol. The second-order valence-electron chi connectivity index (χ2n) is 8.13. The first-order valence-corrected chi connectivity index (χ1v) is 11.7. The van der Waals surface area contributed by atoms with Crippen molar-refractivity contribution in [2.75, 3.05) is 0 Å². The highest BCUT2D eigenvalue weighted by Gasteiger charge is 2.33. The molecule has 1 aliphatic carbocycles. The number of hydrogen-bond acceptors (Lipinski definition) is 6. The molecule has 3 aromatic heterocycles. The Labute approximate surface area is 205 Å². The molecule has 5 aromatic rings. The lowest BCUT2D eigenvalue weighted by Crippen LogP contribution is -2.12. The maximum absolute atomic E-state index is 11.9. The number of carboxylic acid groups (broad SMARTS) is 1. The Bertz CT molecular complexity index is 1550. The smallest absolute Gasteiger partial charge is 0.355 e. The van der Waals surface area contributed by atoms with Gasteiger partial charge in [0.05, 0.1) is 4.47 Å². The van der Waals surface area contributed by atoms with Gasteiger partial charge in [0.1, 0.15) is 17.2 Å². The van der Waals surface area contributed by atoms with Gasteiger partial charge in [-0.3, -0.25) is 0 Å². The van der Waals surface area contributed by atoms with Crippen molar-refractivity contribution in [3.05, 3.63) is 69.2 Å². The summed E-state index contributed by atoms with van der Waals surface area (Å²) in [7, 11) is 0. The molecule has 1 saturated carbocycles. The molecular weight excluding hydrogens is 524 g/mol. The van der Waals surface area contributed by atoms with Crippen LogP contribution in [0.3, 0.4) is 0 Å². The van der Waals surface area contributed by atoms with Crippen molar-refractivity contribution in [1.29, 1.82) is 0 Å². The Hall–Kier alpha value is -3.50. The monoisotopic (exact) mass is 538 g/mol. The first-order chi connectivity index (χ1) is 16.5. The van der Waals surface area contributed by atoms with Crippen LogP contribution in [-0.2, 0) is 6.54 Å². The van der Waals surface area contributed by atoms with E-state index in [9.17, 15) is 9.90 Å². The van der Waals surface area contributed by atoms with E-state index in [1.165, 1.54) is 0 Å². The van der Waals surface area contributed by atoms with Crippen molar-refractivity contribution < 1.29 is 14.3 Å². The van der Waals surface area contributed by atoms with Crippen molar-refractivity contribution in [3.8, 4) is 22.7 Å². The zero-order valence-corrected chi connectivity index (χ0v) is 19.8. The fourth-order valence-corrected chi connectivity index (χ4v) is 5.05. The number of halogens is 2. The first-order valence-electron chi connectivity index (χ1n) is 10.5. The number of aromatic amines is 1. The molecule has 6 rings (SSSR count). The first kappa shape index (κ1) is 21.1. The van der Waals surface area contributed by atoms with Crippen LogP contribution in [0.5, 0.6) is 0 Å². The normalized spacial score (nSPS) is 13.6. The molecule has 0 spiro atoms. The number of benzene rings is 2.